The van der Waals surface area contributed by atoms with Gasteiger partial charge in [-0.05, 0) is 18.4 Å². The minimum atomic E-state index is -0.608. The molecule has 94 valence electrons. The molecule has 1 fully saturated rings. The summed E-state index contributed by atoms with van der Waals surface area (Å²) in [5, 5.41) is 21.3. The Balaban J connectivity index is 1.87. The first kappa shape index (κ1) is 12.6. The summed E-state index contributed by atoms with van der Waals surface area (Å²) in [6, 6.07) is 9.73. The normalized spacial score (nSPS) is 19.5. The zero-order valence-corrected chi connectivity index (χ0v) is 10.1. The third-order valence-electron chi connectivity index (χ3n) is 3.54. The van der Waals surface area contributed by atoms with Crippen molar-refractivity contribution in [2.45, 2.75) is 44.2 Å². The van der Waals surface area contributed by atoms with E-state index >= 15 is 0 Å². The number of benzene rings is 1. The van der Waals surface area contributed by atoms with Crippen molar-refractivity contribution in [3.05, 3.63) is 35.9 Å². The molecule has 17 heavy (non-hydrogen) atoms. The summed E-state index contributed by atoms with van der Waals surface area (Å²) in [6.45, 7) is 0.300. The Labute approximate surface area is 103 Å². The van der Waals surface area contributed by atoms with Gasteiger partial charge in [-0.15, -0.1) is 0 Å². The summed E-state index contributed by atoms with van der Waals surface area (Å²) >= 11 is 0. The molecule has 2 N–H and O–H groups in total. The third kappa shape index (κ3) is 3.53. The van der Waals surface area contributed by atoms with Crippen molar-refractivity contribution in [2.24, 2.45) is 0 Å². The molecular formula is C14H21NO2. The van der Waals surface area contributed by atoms with Crippen LogP contribution in [-0.2, 0) is 0 Å². The van der Waals surface area contributed by atoms with Gasteiger partial charge in [0.2, 0.25) is 0 Å². The molecule has 0 amide bonds. The molecule has 0 aromatic heterocycles. The number of rotatable bonds is 4. The van der Waals surface area contributed by atoms with E-state index in [4.69, 9.17) is 0 Å². The van der Waals surface area contributed by atoms with E-state index in [1.807, 2.05) is 30.3 Å². The van der Waals surface area contributed by atoms with Gasteiger partial charge in [0.25, 0.3) is 0 Å². The highest BCUT2D eigenvalue weighted by atomic mass is 16.5. The Kier molecular flexibility index (Phi) is 4.54. The van der Waals surface area contributed by atoms with Crippen molar-refractivity contribution in [2.75, 3.05) is 6.54 Å². The molecule has 1 aliphatic rings. The van der Waals surface area contributed by atoms with Gasteiger partial charge in [-0.25, -0.2) is 0 Å². The molecule has 3 nitrogen and oxygen atoms in total. The lowest BCUT2D eigenvalue weighted by Crippen LogP contribution is -2.36. The van der Waals surface area contributed by atoms with Crippen LogP contribution in [0.1, 0.15) is 43.8 Å². The second-order valence-electron chi connectivity index (χ2n) is 4.84. The van der Waals surface area contributed by atoms with Crippen molar-refractivity contribution in [1.29, 1.82) is 0 Å². The lowest BCUT2D eigenvalue weighted by Gasteiger charge is -2.30. The third-order valence-corrected chi connectivity index (χ3v) is 3.54. The first-order chi connectivity index (χ1) is 8.27. The fourth-order valence-electron chi connectivity index (χ4n) is 2.49. The van der Waals surface area contributed by atoms with Crippen LogP contribution in [0, 0.1) is 0 Å². The Morgan fingerprint density at radius 2 is 1.76 bits per heavy atom. The highest BCUT2D eigenvalue weighted by Gasteiger charge is 2.22. The van der Waals surface area contributed by atoms with E-state index in [1.54, 1.807) is 0 Å². The second kappa shape index (κ2) is 6.15. The molecule has 1 aromatic carbocycles. The fraction of sp³-hybridized carbons (Fsp3) is 0.571. The summed E-state index contributed by atoms with van der Waals surface area (Å²) in [5.41, 5.74) is 0.863. The second-order valence-corrected chi connectivity index (χ2v) is 4.84. The summed E-state index contributed by atoms with van der Waals surface area (Å²) in [7, 11) is 0. The average molecular weight is 235 g/mol. The Morgan fingerprint density at radius 1 is 1.12 bits per heavy atom. The highest BCUT2D eigenvalue weighted by molar-refractivity contribution is 5.17. The standard InChI is InChI=1S/C14H21NO2/c16-14(12-7-3-1-4-8-12)11-15(17)13-9-5-2-6-10-13/h1,3-4,7-8,13-14,16-17H,2,5-6,9-11H2. The number of nitrogens with zero attached hydrogens (tertiary/aromatic N) is 1. The van der Waals surface area contributed by atoms with E-state index in [2.05, 4.69) is 0 Å². The van der Waals surface area contributed by atoms with Crippen LogP contribution in [0.25, 0.3) is 0 Å². The van der Waals surface area contributed by atoms with Gasteiger partial charge < -0.3 is 10.3 Å². The van der Waals surface area contributed by atoms with Gasteiger partial charge in [0.1, 0.15) is 0 Å². The van der Waals surface area contributed by atoms with E-state index in [1.165, 1.54) is 24.3 Å². The van der Waals surface area contributed by atoms with Crippen LogP contribution in [0.2, 0.25) is 0 Å². The molecule has 0 spiro atoms. The fourth-order valence-corrected chi connectivity index (χ4v) is 2.49. The zero-order valence-electron chi connectivity index (χ0n) is 10.1. The van der Waals surface area contributed by atoms with E-state index in [-0.39, 0.29) is 6.04 Å². The van der Waals surface area contributed by atoms with Crippen LogP contribution in [0.4, 0.5) is 0 Å². The van der Waals surface area contributed by atoms with Crippen molar-refractivity contribution < 1.29 is 10.3 Å². The molecule has 1 aromatic rings. The van der Waals surface area contributed by atoms with E-state index in [0.29, 0.717) is 6.54 Å². The van der Waals surface area contributed by atoms with E-state index in [0.717, 1.165) is 18.4 Å². The highest BCUT2D eigenvalue weighted by Crippen LogP contribution is 2.23. The Morgan fingerprint density at radius 3 is 2.41 bits per heavy atom. The van der Waals surface area contributed by atoms with Crippen LogP contribution in [0.5, 0.6) is 0 Å². The van der Waals surface area contributed by atoms with Gasteiger partial charge in [-0.3, -0.25) is 0 Å². The molecule has 0 heterocycles. The molecular weight excluding hydrogens is 214 g/mol. The summed E-state index contributed by atoms with van der Waals surface area (Å²) < 4.78 is 0. The van der Waals surface area contributed by atoms with Crippen LogP contribution in [-0.4, -0.2) is 28.0 Å². The lowest BCUT2D eigenvalue weighted by atomic mass is 9.95. The molecule has 1 aliphatic carbocycles. The maximum absolute atomic E-state index is 10.0. The van der Waals surface area contributed by atoms with Gasteiger partial charge in [-0.1, -0.05) is 49.6 Å². The maximum Gasteiger partial charge on any atom is 0.0940 e. The first-order valence-electron chi connectivity index (χ1n) is 6.46. The summed E-state index contributed by atoms with van der Waals surface area (Å²) in [4.78, 5) is 0. The van der Waals surface area contributed by atoms with Gasteiger partial charge >= 0.3 is 0 Å². The molecule has 0 bridgehead atoms. The largest absolute Gasteiger partial charge is 0.387 e. The van der Waals surface area contributed by atoms with Gasteiger partial charge in [0, 0.05) is 6.04 Å². The minimum absolute atomic E-state index is 0.224. The molecule has 1 unspecified atom stereocenters. The number of hydrogen-bond acceptors (Lipinski definition) is 3. The van der Waals surface area contributed by atoms with E-state index < -0.39 is 6.10 Å². The minimum Gasteiger partial charge on any atom is -0.387 e. The summed E-state index contributed by atoms with van der Waals surface area (Å²) in [6.07, 6.45) is 5.11. The van der Waals surface area contributed by atoms with Gasteiger partial charge in [-0.2, -0.15) is 5.06 Å². The van der Waals surface area contributed by atoms with Crippen molar-refractivity contribution in [3.63, 3.8) is 0 Å². The molecule has 1 saturated carbocycles. The van der Waals surface area contributed by atoms with Crippen LogP contribution < -0.4 is 0 Å². The monoisotopic (exact) mass is 235 g/mol. The van der Waals surface area contributed by atoms with Crippen molar-refractivity contribution >= 4 is 0 Å². The molecule has 1 atom stereocenters. The zero-order chi connectivity index (χ0) is 12.1. The summed E-state index contributed by atoms with van der Waals surface area (Å²) in [5.74, 6) is 0. The Bertz CT molecular complexity index is 322. The molecule has 0 radical (unpaired) electrons. The smallest absolute Gasteiger partial charge is 0.0940 e. The lowest BCUT2D eigenvalue weighted by molar-refractivity contribution is -0.153. The average Bonchev–Trinajstić information content (AvgIpc) is 2.40. The first-order valence-corrected chi connectivity index (χ1v) is 6.46. The van der Waals surface area contributed by atoms with Gasteiger partial charge in [0.15, 0.2) is 0 Å². The topological polar surface area (TPSA) is 43.7 Å². The molecule has 3 heteroatoms. The quantitative estimate of drug-likeness (QED) is 0.789. The van der Waals surface area contributed by atoms with Gasteiger partial charge in [0.05, 0.1) is 12.6 Å². The van der Waals surface area contributed by atoms with Crippen molar-refractivity contribution in [3.8, 4) is 0 Å². The predicted octanol–water partition coefficient (Wildman–Crippen LogP) is 2.74. The molecule has 2 rings (SSSR count). The number of hydrogen-bond donors (Lipinski definition) is 2. The maximum atomic E-state index is 10.0. The number of aliphatic hydroxyl groups is 1. The molecule has 0 saturated heterocycles. The molecule has 0 aliphatic heterocycles. The number of aliphatic hydroxyl groups excluding tert-OH is 1. The van der Waals surface area contributed by atoms with Crippen LogP contribution in [0.3, 0.4) is 0 Å². The van der Waals surface area contributed by atoms with Crippen LogP contribution in [0.15, 0.2) is 30.3 Å². The SMILES string of the molecule is OC(CN(O)C1CCCCC1)c1ccccc1. The van der Waals surface area contributed by atoms with Crippen molar-refractivity contribution in [1.82, 2.24) is 5.06 Å². The van der Waals surface area contributed by atoms with E-state index in [9.17, 15) is 10.3 Å². The Hall–Kier alpha value is -0.900. The number of hydroxylamine groups is 2. The predicted molar refractivity (Wildman–Crippen MR) is 66.8 cm³/mol. The van der Waals surface area contributed by atoms with Crippen LogP contribution >= 0.6 is 0 Å².